The topological polar surface area (TPSA) is 50.1 Å². The van der Waals surface area contributed by atoms with Gasteiger partial charge >= 0.3 is 0 Å². The van der Waals surface area contributed by atoms with E-state index in [1.165, 1.54) is 0 Å². The lowest BCUT2D eigenvalue weighted by molar-refractivity contribution is -0.126. The maximum atomic E-state index is 11.7. The number of Topliss-reactive ketones (excluding diaryl/α,β-unsaturated/α-hetero) is 1. The summed E-state index contributed by atoms with van der Waals surface area (Å²) in [6, 6.07) is 11.9. The van der Waals surface area contributed by atoms with Gasteiger partial charge < -0.3 is 4.74 Å². The number of hydrogen-bond donors (Lipinski definition) is 0. The molecule has 1 aliphatic carbocycles. The Kier molecular flexibility index (Phi) is 3.55. The molecule has 0 bridgehead atoms. The lowest BCUT2D eigenvalue weighted by atomic mass is 9.88. The van der Waals surface area contributed by atoms with Crippen LogP contribution in [0, 0.1) is 16.7 Å². The van der Waals surface area contributed by atoms with E-state index >= 15 is 0 Å². The molecule has 1 unspecified atom stereocenters. The predicted octanol–water partition coefficient (Wildman–Crippen LogP) is 2.47. The number of rotatable bonds is 4. The summed E-state index contributed by atoms with van der Waals surface area (Å²) in [7, 11) is 0. The monoisotopic (exact) mass is 229 g/mol. The second-order valence-electron chi connectivity index (χ2n) is 4.45. The third-order valence-electron chi connectivity index (χ3n) is 3.22. The standard InChI is InChI=1S/C14H15NO2/c15-10-14(8-4-7-13(14)16)11-17-9-12-5-2-1-3-6-12/h1-3,5-6H,4,7-9,11H2. The normalized spacial score (nSPS) is 23.6. The van der Waals surface area contributed by atoms with Crippen molar-refractivity contribution >= 4 is 5.78 Å². The molecule has 1 atom stereocenters. The smallest absolute Gasteiger partial charge is 0.155 e. The molecule has 0 amide bonds. The van der Waals surface area contributed by atoms with Crippen LogP contribution >= 0.6 is 0 Å². The van der Waals surface area contributed by atoms with Gasteiger partial charge in [0.15, 0.2) is 5.78 Å². The van der Waals surface area contributed by atoms with E-state index in [1.54, 1.807) is 0 Å². The Hall–Kier alpha value is -1.66. The summed E-state index contributed by atoms with van der Waals surface area (Å²) in [5.74, 6) is 0.0352. The van der Waals surface area contributed by atoms with Crippen molar-refractivity contribution in [3.8, 4) is 6.07 Å². The van der Waals surface area contributed by atoms with Crippen LogP contribution in [0.1, 0.15) is 24.8 Å². The fourth-order valence-corrected chi connectivity index (χ4v) is 2.15. The molecule has 0 saturated heterocycles. The molecule has 1 aromatic carbocycles. The van der Waals surface area contributed by atoms with E-state index in [-0.39, 0.29) is 12.4 Å². The third kappa shape index (κ3) is 2.54. The molecule has 0 spiro atoms. The highest BCUT2D eigenvalue weighted by Crippen LogP contribution is 2.34. The zero-order valence-electron chi connectivity index (χ0n) is 9.69. The molecule has 1 saturated carbocycles. The summed E-state index contributed by atoms with van der Waals surface area (Å²) in [5.41, 5.74) is 0.181. The van der Waals surface area contributed by atoms with E-state index in [4.69, 9.17) is 10.00 Å². The zero-order chi connectivity index (χ0) is 12.1. The molecule has 1 aromatic rings. The van der Waals surface area contributed by atoms with Gasteiger partial charge in [0.2, 0.25) is 0 Å². The van der Waals surface area contributed by atoms with Gasteiger partial charge in [-0.1, -0.05) is 30.3 Å². The summed E-state index contributed by atoms with van der Waals surface area (Å²) in [4.78, 5) is 11.7. The van der Waals surface area contributed by atoms with E-state index in [0.29, 0.717) is 19.4 Å². The first kappa shape index (κ1) is 11.8. The van der Waals surface area contributed by atoms with Crippen LogP contribution in [0.3, 0.4) is 0 Å². The second kappa shape index (κ2) is 5.11. The summed E-state index contributed by atoms with van der Waals surface area (Å²) >= 11 is 0. The molecule has 1 aliphatic rings. The fraction of sp³-hybridized carbons (Fsp3) is 0.429. The minimum atomic E-state index is -0.880. The average molecular weight is 229 g/mol. The highest BCUT2D eigenvalue weighted by Gasteiger charge is 2.42. The number of ketones is 1. The van der Waals surface area contributed by atoms with Crippen molar-refractivity contribution < 1.29 is 9.53 Å². The van der Waals surface area contributed by atoms with Crippen molar-refractivity contribution in [3.63, 3.8) is 0 Å². The van der Waals surface area contributed by atoms with Crippen LogP contribution in [0.2, 0.25) is 0 Å². The van der Waals surface area contributed by atoms with Crippen LogP contribution in [0.5, 0.6) is 0 Å². The zero-order valence-corrected chi connectivity index (χ0v) is 9.69. The summed E-state index contributed by atoms with van der Waals surface area (Å²) in [6.45, 7) is 0.675. The van der Waals surface area contributed by atoms with Crippen molar-refractivity contribution in [2.75, 3.05) is 6.61 Å². The summed E-state index contributed by atoms with van der Waals surface area (Å²) in [5, 5.41) is 9.13. The first-order valence-electron chi connectivity index (χ1n) is 5.83. The quantitative estimate of drug-likeness (QED) is 0.796. The molecule has 0 aromatic heterocycles. The molecule has 0 N–H and O–H groups in total. The summed E-state index contributed by atoms with van der Waals surface area (Å²) in [6.07, 6.45) is 1.96. The Balaban J connectivity index is 1.90. The van der Waals surface area contributed by atoms with Gasteiger partial charge in [-0.25, -0.2) is 0 Å². The minimum Gasteiger partial charge on any atom is -0.375 e. The Morgan fingerprint density at radius 1 is 1.35 bits per heavy atom. The number of nitrogens with zero attached hydrogens (tertiary/aromatic N) is 1. The molecule has 0 radical (unpaired) electrons. The van der Waals surface area contributed by atoms with Crippen LogP contribution in [0.4, 0.5) is 0 Å². The first-order chi connectivity index (χ1) is 8.27. The number of carbonyl (C=O) groups is 1. The number of hydrogen-bond acceptors (Lipinski definition) is 3. The third-order valence-corrected chi connectivity index (χ3v) is 3.22. The number of carbonyl (C=O) groups excluding carboxylic acids is 1. The van der Waals surface area contributed by atoms with Gasteiger partial charge in [-0.3, -0.25) is 4.79 Å². The Bertz CT molecular complexity index is 435. The minimum absolute atomic E-state index is 0.0352. The van der Waals surface area contributed by atoms with Crippen molar-refractivity contribution in [1.29, 1.82) is 5.26 Å². The Morgan fingerprint density at radius 2 is 2.12 bits per heavy atom. The highest BCUT2D eigenvalue weighted by molar-refractivity contribution is 5.89. The largest absolute Gasteiger partial charge is 0.375 e. The van der Waals surface area contributed by atoms with Crippen molar-refractivity contribution in [2.24, 2.45) is 5.41 Å². The van der Waals surface area contributed by atoms with Gasteiger partial charge in [0, 0.05) is 6.42 Å². The fourth-order valence-electron chi connectivity index (χ4n) is 2.15. The SMILES string of the molecule is N#CC1(COCc2ccccc2)CCCC1=O. The van der Waals surface area contributed by atoms with Crippen LogP contribution in [0.25, 0.3) is 0 Å². The van der Waals surface area contributed by atoms with Gasteiger partial charge in [-0.15, -0.1) is 0 Å². The van der Waals surface area contributed by atoms with E-state index < -0.39 is 5.41 Å². The van der Waals surface area contributed by atoms with E-state index in [9.17, 15) is 4.79 Å². The molecular formula is C14H15NO2. The molecule has 3 nitrogen and oxygen atoms in total. The van der Waals surface area contributed by atoms with Crippen LogP contribution in [-0.2, 0) is 16.1 Å². The van der Waals surface area contributed by atoms with Crippen molar-refractivity contribution in [1.82, 2.24) is 0 Å². The lowest BCUT2D eigenvalue weighted by Crippen LogP contribution is -2.29. The molecule has 88 valence electrons. The maximum absolute atomic E-state index is 11.7. The number of ether oxygens (including phenoxy) is 1. The van der Waals surface area contributed by atoms with Crippen molar-refractivity contribution in [2.45, 2.75) is 25.9 Å². The average Bonchev–Trinajstić information content (AvgIpc) is 2.73. The molecule has 0 heterocycles. The Morgan fingerprint density at radius 3 is 2.71 bits per heavy atom. The van der Waals surface area contributed by atoms with Gasteiger partial charge in [0.1, 0.15) is 5.41 Å². The molecule has 2 rings (SSSR count). The number of nitriles is 1. The van der Waals surface area contributed by atoms with E-state index in [2.05, 4.69) is 6.07 Å². The Labute approximate surface area is 101 Å². The van der Waals surface area contributed by atoms with Crippen molar-refractivity contribution in [3.05, 3.63) is 35.9 Å². The predicted molar refractivity (Wildman–Crippen MR) is 63.0 cm³/mol. The first-order valence-corrected chi connectivity index (χ1v) is 5.83. The van der Waals surface area contributed by atoms with Gasteiger partial charge in [0.25, 0.3) is 0 Å². The molecule has 1 fully saturated rings. The molecule has 17 heavy (non-hydrogen) atoms. The van der Waals surface area contributed by atoms with Gasteiger partial charge in [0.05, 0.1) is 19.3 Å². The lowest BCUT2D eigenvalue weighted by Gasteiger charge is -2.18. The van der Waals surface area contributed by atoms with Gasteiger partial charge in [-0.2, -0.15) is 5.26 Å². The van der Waals surface area contributed by atoms with Crippen LogP contribution in [-0.4, -0.2) is 12.4 Å². The number of benzene rings is 1. The maximum Gasteiger partial charge on any atom is 0.155 e. The van der Waals surface area contributed by atoms with Crippen LogP contribution < -0.4 is 0 Å². The van der Waals surface area contributed by atoms with E-state index in [1.807, 2.05) is 30.3 Å². The van der Waals surface area contributed by atoms with E-state index in [0.717, 1.165) is 12.0 Å². The highest BCUT2D eigenvalue weighted by atomic mass is 16.5. The summed E-state index contributed by atoms with van der Waals surface area (Å²) < 4.78 is 5.52. The van der Waals surface area contributed by atoms with Crippen LogP contribution in [0.15, 0.2) is 30.3 Å². The molecule has 3 heteroatoms. The second-order valence-corrected chi connectivity index (χ2v) is 4.45. The molecular weight excluding hydrogens is 214 g/mol. The van der Waals surface area contributed by atoms with Gasteiger partial charge in [-0.05, 0) is 18.4 Å². The molecule has 0 aliphatic heterocycles.